The molecule has 0 unspecified atom stereocenters. The zero-order valence-corrected chi connectivity index (χ0v) is 14.7. The van der Waals surface area contributed by atoms with Crippen LogP contribution in [-0.2, 0) is 17.1 Å². The fourth-order valence-electron chi connectivity index (χ4n) is 2.74. The van der Waals surface area contributed by atoms with E-state index in [1.807, 2.05) is 30.3 Å². The molecule has 0 radical (unpaired) electrons. The number of aromatic nitrogens is 4. The molecule has 1 aromatic heterocycles. The van der Waals surface area contributed by atoms with E-state index in [9.17, 15) is 8.42 Å². The second-order valence-electron chi connectivity index (χ2n) is 5.82. The van der Waals surface area contributed by atoms with Crippen molar-refractivity contribution in [2.24, 2.45) is 7.05 Å². The van der Waals surface area contributed by atoms with Gasteiger partial charge in [0.05, 0.1) is 4.90 Å². The van der Waals surface area contributed by atoms with Gasteiger partial charge in [-0.05, 0) is 45.5 Å². The standard InChI is InChI=1S/C18H15N5O2S/c1-23-18(19-21-22-23)15-7-4-8-16(11-15)20-26(24,25)17-10-9-13-5-2-3-6-14(13)12-17/h2-12,20H,1H3. The third-order valence-corrected chi connectivity index (χ3v) is 5.40. The molecule has 0 atom stereocenters. The lowest BCUT2D eigenvalue weighted by atomic mass is 10.1. The van der Waals surface area contributed by atoms with Gasteiger partial charge in [-0.2, -0.15) is 0 Å². The molecule has 4 aromatic rings. The Morgan fingerprint density at radius 2 is 1.73 bits per heavy atom. The predicted molar refractivity (Wildman–Crippen MR) is 99.0 cm³/mol. The van der Waals surface area contributed by atoms with Crippen molar-refractivity contribution in [3.8, 4) is 11.4 Å². The average molecular weight is 365 g/mol. The number of rotatable bonds is 4. The summed E-state index contributed by atoms with van der Waals surface area (Å²) >= 11 is 0. The number of tetrazole rings is 1. The van der Waals surface area contributed by atoms with E-state index in [1.54, 1.807) is 43.4 Å². The van der Waals surface area contributed by atoms with Gasteiger partial charge in [0, 0.05) is 18.3 Å². The van der Waals surface area contributed by atoms with E-state index in [0.717, 1.165) is 16.3 Å². The fraction of sp³-hybridized carbons (Fsp3) is 0.0556. The van der Waals surface area contributed by atoms with Crippen molar-refractivity contribution in [3.05, 3.63) is 66.7 Å². The van der Waals surface area contributed by atoms with Gasteiger partial charge in [-0.25, -0.2) is 13.1 Å². The molecule has 8 heteroatoms. The quantitative estimate of drug-likeness (QED) is 0.601. The van der Waals surface area contributed by atoms with E-state index < -0.39 is 10.0 Å². The Bertz CT molecular complexity index is 1200. The Morgan fingerprint density at radius 1 is 0.923 bits per heavy atom. The first-order valence-electron chi connectivity index (χ1n) is 7.87. The lowest BCUT2D eigenvalue weighted by Gasteiger charge is -2.10. The molecule has 0 aliphatic carbocycles. The topological polar surface area (TPSA) is 89.8 Å². The van der Waals surface area contributed by atoms with E-state index in [0.29, 0.717) is 11.5 Å². The first-order chi connectivity index (χ1) is 12.5. The SMILES string of the molecule is Cn1nnnc1-c1cccc(NS(=O)(=O)c2ccc3ccccc3c2)c1. The molecule has 7 nitrogen and oxygen atoms in total. The van der Waals surface area contributed by atoms with Crippen LogP contribution in [0.15, 0.2) is 71.6 Å². The van der Waals surface area contributed by atoms with Crippen LogP contribution < -0.4 is 4.72 Å². The van der Waals surface area contributed by atoms with Gasteiger partial charge in [-0.1, -0.05) is 42.5 Å². The molecule has 1 N–H and O–H groups in total. The molecular formula is C18H15N5O2S. The maximum Gasteiger partial charge on any atom is 0.261 e. The molecule has 1 heterocycles. The van der Waals surface area contributed by atoms with Crippen LogP contribution >= 0.6 is 0 Å². The van der Waals surface area contributed by atoms with Crippen molar-refractivity contribution < 1.29 is 8.42 Å². The highest BCUT2D eigenvalue weighted by atomic mass is 32.2. The number of aryl methyl sites for hydroxylation is 1. The van der Waals surface area contributed by atoms with Crippen molar-refractivity contribution in [2.45, 2.75) is 4.90 Å². The highest BCUT2D eigenvalue weighted by Gasteiger charge is 2.15. The van der Waals surface area contributed by atoms with E-state index in [1.165, 1.54) is 4.68 Å². The number of sulfonamides is 1. The number of hydrogen-bond donors (Lipinski definition) is 1. The number of hydrogen-bond acceptors (Lipinski definition) is 5. The Hall–Kier alpha value is -3.26. The summed E-state index contributed by atoms with van der Waals surface area (Å²) in [6.45, 7) is 0. The molecule has 3 aromatic carbocycles. The smallest absolute Gasteiger partial charge is 0.261 e. The molecule has 0 amide bonds. The summed E-state index contributed by atoms with van der Waals surface area (Å²) in [5, 5.41) is 13.2. The Balaban J connectivity index is 1.68. The Labute approximate surface area is 150 Å². The fourth-order valence-corrected chi connectivity index (χ4v) is 3.83. The largest absolute Gasteiger partial charge is 0.280 e. The summed E-state index contributed by atoms with van der Waals surface area (Å²) in [5.74, 6) is 0.553. The Kier molecular flexibility index (Phi) is 3.89. The summed E-state index contributed by atoms with van der Waals surface area (Å²) in [6.07, 6.45) is 0. The highest BCUT2D eigenvalue weighted by molar-refractivity contribution is 7.92. The predicted octanol–water partition coefficient (Wildman–Crippen LogP) is 2.83. The molecule has 0 saturated carbocycles. The van der Waals surface area contributed by atoms with Gasteiger partial charge in [0.15, 0.2) is 5.82 Å². The summed E-state index contributed by atoms with van der Waals surface area (Å²) in [7, 11) is -1.99. The zero-order chi connectivity index (χ0) is 18.1. The maximum absolute atomic E-state index is 12.8. The molecule has 26 heavy (non-hydrogen) atoms. The molecule has 0 aliphatic heterocycles. The monoisotopic (exact) mass is 365 g/mol. The lowest BCUT2D eigenvalue weighted by molar-refractivity contribution is 0.601. The molecule has 0 aliphatic rings. The van der Waals surface area contributed by atoms with Gasteiger partial charge in [-0.15, -0.1) is 5.10 Å². The van der Waals surface area contributed by atoms with Crippen molar-refractivity contribution >= 4 is 26.5 Å². The number of fused-ring (bicyclic) bond motifs is 1. The minimum absolute atomic E-state index is 0.210. The minimum Gasteiger partial charge on any atom is -0.280 e. The number of nitrogens with zero attached hydrogens (tertiary/aromatic N) is 4. The third kappa shape index (κ3) is 3.02. The number of nitrogens with one attached hydrogen (secondary N) is 1. The van der Waals surface area contributed by atoms with Gasteiger partial charge in [0.2, 0.25) is 0 Å². The van der Waals surface area contributed by atoms with Gasteiger partial charge in [-0.3, -0.25) is 4.72 Å². The van der Waals surface area contributed by atoms with Crippen LogP contribution in [0.25, 0.3) is 22.2 Å². The van der Waals surface area contributed by atoms with E-state index in [2.05, 4.69) is 20.2 Å². The summed E-state index contributed by atoms with van der Waals surface area (Å²) in [5.41, 5.74) is 1.16. The molecule has 130 valence electrons. The Morgan fingerprint density at radius 3 is 2.50 bits per heavy atom. The zero-order valence-electron chi connectivity index (χ0n) is 13.9. The van der Waals surface area contributed by atoms with Gasteiger partial charge >= 0.3 is 0 Å². The lowest BCUT2D eigenvalue weighted by Crippen LogP contribution is -2.13. The molecule has 0 saturated heterocycles. The number of benzene rings is 3. The van der Waals surface area contributed by atoms with Crippen LogP contribution in [0.4, 0.5) is 5.69 Å². The maximum atomic E-state index is 12.8. The van der Waals surface area contributed by atoms with Crippen molar-refractivity contribution in [3.63, 3.8) is 0 Å². The number of anilines is 1. The highest BCUT2D eigenvalue weighted by Crippen LogP contribution is 2.24. The van der Waals surface area contributed by atoms with E-state index in [-0.39, 0.29) is 4.90 Å². The third-order valence-electron chi connectivity index (χ3n) is 4.02. The normalized spacial score (nSPS) is 11.6. The first kappa shape index (κ1) is 16.2. The van der Waals surface area contributed by atoms with Crippen LogP contribution in [0.2, 0.25) is 0 Å². The average Bonchev–Trinajstić information content (AvgIpc) is 3.07. The molecular weight excluding hydrogens is 350 g/mol. The van der Waals surface area contributed by atoms with Crippen molar-refractivity contribution in [2.75, 3.05) is 4.72 Å². The van der Waals surface area contributed by atoms with Crippen LogP contribution in [-0.4, -0.2) is 28.6 Å². The van der Waals surface area contributed by atoms with E-state index >= 15 is 0 Å². The van der Waals surface area contributed by atoms with Gasteiger partial charge in [0.1, 0.15) is 0 Å². The van der Waals surface area contributed by atoms with Gasteiger partial charge in [0.25, 0.3) is 10.0 Å². The second kappa shape index (κ2) is 6.23. The van der Waals surface area contributed by atoms with Crippen molar-refractivity contribution in [1.82, 2.24) is 20.2 Å². The summed E-state index contributed by atoms with van der Waals surface area (Å²) in [6, 6.07) is 19.6. The van der Waals surface area contributed by atoms with E-state index in [4.69, 9.17) is 0 Å². The molecule has 0 spiro atoms. The van der Waals surface area contributed by atoms with Crippen LogP contribution in [0.5, 0.6) is 0 Å². The summed E-state index contributed by atoms with van der Waals surface area (Å²) < 4.78 is 29.6. The first-order valence-corrected chi connectivity index (χ1v) is 9.36. The van der Waals surface area contributed by atoms with Crippen LogP contribution in [0.1, 0.15) is 0 Å². The molecule has 0 bridgehead atoms. The molecule has 0 fully saturated rings. The minimum atomic E-state index is -3.71. The summed E-state index contributed by atoms with van der Waals surface area (Å²) in [4.78, 5) is 0.210. The second-order valence-corrected chi connectivity index (χ2v) is 7.50. The van der Waals surface area contributed by atoms with Gasteiger partial charge < -0.3 is 0 Å². The molecule has 4 rings (SSSR count). The van der Waals surface area contributed by atoms with Crippen LogP contribution in [0, 0.1) is 0 Å². The van der Waals surface area contributed by atoms with Crippen LogP contribution in [0.3, 0.4) is 0 Å². The van der Waals surface area contributed by atoms with Crippen molar-refractivity contribution in [1.29, 1.82) is 0 Å².